The fourth-order valence-electron chi connectivity index (χ4n) is 1.72. The van der Waals surface area contributed by atoms with Gasteiger partial charge < -0.3 is 9.64 Å². The van der Waals surface area contributed by atoms with E-state index in [9.17, 15) is 0 Å². The molecule has 1 unspecified atom stereocenters. The van der Waals surface area contributed by atoms with Gasteiger partial charge in [0.2, 0.25) is 0 Å². The fourth-order valence-corrected chi connectivity index (χ4v) is 1.72. The maximum Gasteiger partial charge on any atom is 0.0589 e. The van der Waals surface area contributed by atoms with Crippen LogP contribution in [0.25, 0.3) is 0 Å². The maximum atomic E-state index is 5.06. The van der Waals surface area contributed by atoms with E-state index < -0.39 is 0 Å². The smallest absolute Gasteiger partial charge is 0.0589 e. The second kappa shape index (κ2) is 23.0. The van der Waals surface area contributed by atoms with Crippen LogP contribution in [0.15, 0.2) is 0 Å². The molecule has 0 amide bonds. The second-order valence-corrected chi connectivity index (χ2v) is 3.64. The lowest BCUT2D eigenvalue weighted by Gasteiger charge is -2.37. The molecule has 1 aliphatic heterocycles. The molecule has 1 heterocycles. The average Bonchev–Trinajstić information content (AvgIpc) is 2.45. The molecule has 0 radical (unpaired) electrons. The molecule has 0 aromatic rings. The van der Waals surface area contributed by atoms with Crippen LogP contribution in [0, 0.1) is 0 Å². The Bertz CT molecular complexity index is 130. The monoisotopic (exact) mass is 278 g/mol. The SMILES string of the molecule is C.CC.CC.CC.COCCN1CCN(C)CC1C. The zero-order chi connectivity index (χ0) is 15.0. The van der Waals surface area contributed by atoms with Crippen LogP contribution in [0.1, 0.15) is 55.9 Å². The van der Waals surface area contributed by atoms with Crippen LogP contribution in [0.4, 0.5) is 0 Å². The van der Waals surface area contributed by atoms with Crippen LogP contribution in [0.5, 0.6) is 0 Å². The molecule has 1 rings (SSSR count). The van der Waals surface area contributed by atoms with Gasteiger partial charge in [0.25, 0.3) is 0 Å². The van der Waals surface area contributed by atoms with E-state index in [2.05, 4.69) is 23.8 Å². The molecule has 0 aliphatic carbocycles. The molecule has 0 aromatic carbocycles. The van der Waals surface area contributed by atoms with Gasteiger partial charge in [0.1, 0.15) is 0 Å². The lowest BCUT2D eigenvalue weighted by molar-refractivity contribution is 0.0700. The summed E-state index contributed by atoms with van der Waals surface area (Å²) in [5, 5.41) is 0. The Morgan fingerprint density at radius 1 is 1.00 bits per heavy atom. The van der Waals surface area contributed by atoms with Crippen LogP contribution >= 0.6 is 0 Å². The number of hydrogen-bond donors (Lipinski definition) is 0. The highest BCUT2D eigenvalue weighted by molar-refractivity contribution is 4.76. The number of ether oxygens (including phenoxy) is 1. The van der Waals surface area contributed by atoms with E-state index >= 15 is 0 Å². The summed E-state index contributed by atoms with van der Waals surface area (Å²) in [7, 11) is 3.95. The molecule has 1 aliphatic rings. The first kappa shape index (κ1) is 27.3. The first-order valence-electron chi connectivity index (χ1n) is 7.65. The predicted octanol–water partition coefficient (Wildman–Crippen LogP) is 3.98. The zero-order valence-corrected chi connectivity index (χ0v) is 14.4. The summed E-state index contributed by atoms with van der Waals surface area (Å²) in [5.74, 6) is 0. The molecule has 122 valence electrons. The summed E-state index contributed by atoms with van der Waals surface area (Å²) in [4.78, 5) is 4.87. The van der Waals surface area contributed by atoms with Crippen molar-refractivity contribution >= 4 is 0 Å². The fraction of sp³-hybridized carbons (Fsp3) is 1.00. The molecule has 0 N–H and O–H groups in total. The highest BCUT2D eigenvalue weighted by Crippen LogP contribution is 2.06. The molecule has 1 atom stereocenters. The van der Waals surface area contributed by atoms with E-state index in [0.29, 0.717) is 6.04 Å². The molecule has 19 heavy (non-hydrogen) atoms. The second-order valence-electron chi connectivity index (χ2n) is 3.64. The molecule has 0 saturated carbocycles. The Morgan fingerprint density at radius 3 is 1.84 bits per heavy atom. The lowest BCUT2D eigenvalue weighted by atomic mass is 10.2. The topological polar surface area (TPSA) is 15.7 Å². The summed E-state index contributed by atoms with van der Waals surface area (Å²) in [6, 6.07) is 0.680. The van der Waals surface area contributed by atoms with E-state index in [1.807, 2.05) is 41.5 Å². The van der Waals surface area contributed by atoms with E-state index in [-0.39, 0.29) is 7.43 Å². The Hall–Kier alpha value is -0.120. The minimum Gasteiger partial charge on any atom is -0.383 e. The van der Waals surface area contributed by atoms with Crippen LogP contribution in [0.2, 0.25) is 0 Å². The van der Waals surface area contributed by atoms with E-state index in [4.69, 9.17) is 4.74 Å². The van der Waals surface area contributed by atoms with Crippen LogP contribution in [-0.4, -0.2) is 62.8 Å². The van der Waals surface area contributed by atoms with Gasteiger partial charge in [0, 0.05) is 39.3 Å². The molecule has 0 aromatic heterocycles. The van der Waals surface area contributed by atoms with Crippen molar-refractivity contribution in [2.24, 2.45) is 0 Å². The summed E-state index contributed by atoms with van der Waals surface area (Å²) in [6.45, 7) is 19.8. The highest BCUT2D eigenvalue weighted by Gasteiger charge is 2.20. The third kappa shape index (κ3) is 15.8. The van der Waals surface area contributed by atoms with Crippen molar-refractivity contribution in [2.75, 3.05) is 46.9 Å². The molecule has 3 nitrogen and oxygen atoms in total. The van der Waals surface area contributed by atoms with Crippen molar-refractivity contribution < 1.29 is 4.74 Å². The molecule has 0 bridgehead atoms. The maximum absolute atomic E-state index is 5.06. The third-order valence-electron chi connectivity index (χ3n) is 2.55. The minimum atomic E-state index is 0. The lowest BCUT2D eigenvalue weighted by Crippen LogP contribution is -2.51. The van der Waals surface area contributed by atoms with Crippen molar-refractivity contribution in [3.05, 3.63) is 0 Å². The number of hydrogen-bond acceptors (Lipinski definition) is 3. The van der Waals surface area contributed by atoms with Gasteiger partial charge in [-0.3, -0.25) is 4.90 Å². The van der Waals surface area contributed by atoms with E-state index in [1.54, 1.807) is 7.11 Å². The van der Waals surface area contributed by atoms with Crippen LogP contribution < -0.4 is 0 Å². The van der Waals surface area contributed by atoms with Gasteiger partial charge in [0.15, 0.2) is 0 Å². The van der Waals surface area contributed by atoms with Crippen LogP contribution in [0.3, 0.4) is 0 Å². The Morgan fingerprint density at radius 2 is 1.47 bits per heavy atom. The molecule has 1 saturated heterocycles. The average molecular weight is 279 g/mol. The normalized spacial score (nSPS) is 18.5. The number of likely N-dealkylation sites (N-methyl/N-ethyl adjacent to an activating group) is 1. The van der Waals surface area contributed by atoms with Crippen molar-refractivity contribution in [2.45, 2.75) is 61.9 Å². The Balaban J connectivity index is -0.000000142. The van der Waals surface area contributed by atoms with Crippen LogP contribution in [-0.2, 0) is 4.74 Å². The first-order valence-corrected chi connectivity index (χ1v) is 7.65. The van der Waals surface area contributed by atoms with Gasteiger partial charge in [-0.05, 0) is 14.0 Å². The molecule has 3 heteroatoms. The van der Waals surface area contributed by atoms with Crippen molar-refractivity contribution in [1.29, 1.82) is 0 Å². The summed E-state index contributed by atoms with van der Waals surface area (Å²) in [6.07, 6.45) is 0. The summed E-state index contributed by atoms with van der Waals surface area (Å²) < 4.78 is 5.06. The van der Waals surface area contributed by atoms with Crippen molar-refractivity contribution in [1.82, 2.24) is 9.80 Å². The minimum absolute atomic E-state index is 0. The number of methoxy groups -OCH3 is 1. The number of rotatable bonds is 3. The van der Waals surface area contributed by atoms with Gasteiger partial charge in [-0.15, -0.1) is 0 Å². The summed E-state index contributed by atoms with van der Waals surface area (Å²) in [5.41, 5.74) is 0. The number of nitrogens with zero attached hydrogens (tertiary/aromatic N) is 2. The molecule has 0 spiro atoms. The van der Waals surface area contributed by atoms with Gasteiger partial charge in [-0.2, -0.15) is 0 Å². The van der Waals surface area contributed by atoms with Gasteiger partial charge in [-0.1, -0.05) is 49.0 Å². The first-order chi connectivity index (χ1) is 8.74. The van der Waals surface area contributed by atoms with E-state index in [0.717, 1.165) is 13.2 Å². The standard InChI is InChI=1S/C9H20N2O.3C2H6.CH4/c1-9-8-10(2)4-5-11(9)6-7-12-3;3*1-2;/h9H,4-8H2,1-3H3;3*1-2H3;1H4. The van der Waals surface area contributed by atoms with Crippen molar-refractivity contribution in [3.63, 3.8) is 0 Å². The van der Waals surface area contributed by atoms with Gasteiger partial charge in [-0.25, -0.2) is 0 Å². The number of piperazine rings is 1. The third-order valence-corrected chi connectivity index (χ3v) is 2.55. The molecule has 1 fully saturated rings. The van der Waals surface area contributed by atoms with E-state index in [1.165, 1.54) is 19.6 Å². The van der Waals surface area contributed by atoms with Crippen molar-refractivity contribution in [3.8, 4) is 0 Å². The largest absolute Gasteiger partial charge is 0.383 e. The highest BCUT2D eigenvalue weighted by atomic mass is 16.5. The summed E-state index contributed by atoms with van der Waals surface area (Å²) >= 11 is 0. The predicted molar refractivity (Wildman–Crippen MR) is 91.2 cm³/mol. The van der Waals surface area contributed by atoms with Gasteiger partial charge in [0.05, 0.1) is 6.61 Å². The van der Waals surface area contributed by atoms with Gasteiger partial charge >= 0.3 is 0 Å². The molecular formula is C16H42N2O. The Kier molecular flexibility index (Phi) is 33.0. The quantitative estimate of drug-likeness (QED) is 0.776. The molecular weight excluding hydrogens is 236 g/mol. The zero-order valence-electron chi connectivity index (χ0n) is 14.4. The Labute approximate surface area is 124 Å².